The standard InChI is InChI=1S/C9H18N2O2S/c1-6-8-11(7-2)14(12,13)10(5)9(3)4/h1,9H,7-8H2,2-5H3. The fraction of sp³-hybridized carbons (Fsp3) is 0.778. The molecule has 0 saturated heterocycles. The van der Waals surface area contributed by atoms with Crippen LogP contribution in [0.25, 0.3) is 0 Å². The Labute approximate surface area is 87.1 Å². The maximum absolute atomic E-state index is 11.8. The van der Waals surface area contributed by atoms with Crippen LogP contribution in [0, 0.1) is 12.3 Å². The Morgan fingerprint density at radius 2 is 1.93 bits per heavy atom. The summed E-state index contributed by atoms with van der Waals surface area (Å²) < 4.78 is 26.3. The van der Waals surface area contributed by atoms with E-state index in [0.29, 0.717) is 6.54 Å². The Kier molecular flexibility index (Phi) is 5.13. The quantitative estimate of drug-likeness (QED) is 0.631. The summed E-state index contributed by atoms with van der Waals surface area (Å²) in [6, 6.07) is -0.0631. The summed E-state index contributed by atoms with van der Waals surface area (Å²) >= 11 is 0. The lowest BCUT2D eigenvalue weighted by atomic mass is 10.4. The molecule has 0 spiro atoms. The first-order valence-corrected chi connectivity index (χ1v) is 5.94. The van der Waals surface area contributed by atoms with Crippen LogP contribution in [0.15, 0.2) is 0 Å². The predicted molar refractivity (Wildman–Crippen MR) is 57.9 cm³/mol. The fourth-order valence-electron chi connectivity index (χ4n) is 0.907. The van der Waals surface area contributed by atoms with Crippen LogP contribution in [0.5, 0.6) is 0 Å². The van der Waals surface area contributed by atoms with E-state index in [1.165, 1.54) is 8.61 Å². The molecule has 0 heterocycles. The summed E-state index contributed by atoms with van der Waals surface area (Å²) in [6.07, 6.45) is 5.10. The van der Waals surface area contributed by atoms with E-state index in [-0.39, 0.29) is 12.6 Å². The normalized spacial score (nSPS) is 12.4. The number of nitrogens with zero attached hydrogens (tertiary/aromatic N) is 2. The molecule has 0 unspecified atom stereocenters. The SMILES string of the molecule is C#CCN(CC)S(=O)(=O)N(C)C(C)C. The summed E-state index contributed by atoms with van der Waals surface area (Å²) in [5, 5.41) is 0. The van der Waals surface area contributed by atoms with E-state index in [0.717, 1.165) is 0 Å². The first-order valence-electron chi connectivity index (χ1n) is 4.54. The van der Waals surface area contributed by atoms with Crippen molar-refractivity contribution in [2.75, 3.05) is 20.1 Å². The Bertz CT molecular complexity index is 303. The van der Waals surface area contributed by atoms with Crippen LogP contribution in [0.2, 0.25) is 0 Å². The van der Waals surface area contributed by atoms with Crippen LogP contribution in [-0.2, 0) is 10.2 Å². The highest BCUT2D eigenvalue weighted by Gasteiger charge is 2.26. The van der Waals surface area contributed by atoms with Crippen molar-refractivity contribution < 1.29 is 8.42 Å². The Morgan fingerprint density at radius 1 is 1.43 bits per heavy atom. The zero-order valence-corrected chi connectivity index (χ0v) is 10.0. The summed E-state index contributed by atoms with van der Waals surface area (Å²) in [5.74, 6) is 2.34. The monoisotopic (exact) mass is 218 g/mol. The minimum Gasteiger partial charge on any atom is -0.195 e. The minimum atomic E-state index is -3.39. The van der Waals surface area contributed by atoms with E-state index in [1.54, 1.807) is 14.0 Å². The molecule has 0 aliphatic rings. The Hall–Kier alpha value is -0.570. The summed E-state index contributed by atoms with van der Waals surface area (Å²) in [7, 11) is -1.83. The first-order chi connectivity index (χ1) is 6.37. The van der Waals surface area contributed by atoms with Crippen LogP contribution in [0.4, 0.5) is 0 Å². The van der Waals surface area contributed by atoms with Gasteiger partial charge < -0.3 is 0 Å². The van der Waals surface area contributed by atoms with Crippen molar-refractivity contribution >= 4 is 10.2 Å². The second-order valence-corrected chi connectivity index (χ2v) is 5.24. The summed E-state index contributed by atoms with van der Waals surface area (Å²) in [4.78, 5) is 0. The number of rotatable bonds is 5. The van der Waals surface area contributed by atoms with Gasteiger partial charge in [-0.2, -0.15) is 17.0 Å². The molecule has 0 N–H and O–H groups in total. The second-order valence-electron chi connectivity index (χ2n) is 3.25. The lowest BCUT2D eigenvalue weighted by Crippen LogP contribution is -2.44. The van der Waals surface area contributed by atoms with Gasteiger partial charge in [-0.1, -0.05) is 12.8 Å². The van der Waals surface area contributed by atoms with Gasteiger partial charge in [0.05, 0.1) is 6.54 Å². The molecule has 82 valence electrons. The van der Waals surface area contributed by atoms with Gasteiger partial charge >= 0.3 is 0 Å². The van der Waals surface area contributed by atoms with Gasteiger partial charge in [0, 0.05) is 19.6 Å². The van der Waals surface area contributed by atoms with Gasteiger partial charge in [-0.15, -0.1) is 6.42 Å². The smallest absolute Gasteiger partial charge is 0.195 e. The molecule has 0 aliphatic heterocycles. The molecule has 0 rings (SSSR count). The molecule has 0 fully saturated rings. The largest absolute Gasteiger partial charge is 0.282 e. The van der Waals surface area contributed by atoms with E-state index in [2.05, 4.69) is 5.92 Å². The average molecular weight is 218 g/mol. The van der Waals surface area contributed by atoms with Gasteiger partial charge in [-0.25, -0.2) is 0 Å². The van der Waals surface area contributed by atoms with E-state index in [1.807, 2.05) is 13.8 Å². The van der Waals surface area contributed by atoms with Crippen molar-refractivity contribution in [2.24, 2.45) is 0 Å². The van der Waals surface area contributed by atoms with Gasteiger partial charge in [0.25, 0.3) is 10.2 Å². The lowest BCUT2D eigenvalue weighted by molar-refractivity contribution is 0.354. The van der Waals surface area contributed by atoms with Gasteiger partial charge in [-0.05, 0) is 13.8 Å². The lowest BCUT2D eigenvalue weighted by Gasteiger charge is -2.27. The van der Waals surface area contributed by atoms with Crippen LogP contribution < -0.4 is 0 Å². The average Bonchev–Trinajstić information content (AvgIpc) is 2.12. The van der Waals surface area contributed by atoms with Gasteiger partial charge in [0.2, 0.25) is 0 Å². The number of hydrogen-bond donors (Lipinski definition) is 0. The molecule has 0 amide bonds. The van der Waals surface area contributed by atoms with E-state index in [9.17, 15) is 8.42 Å². The van der Waals surface area contributed by atoms with E-state index < -0.39 is 10.2 Å². The highest BCUT2D eigenvalue weighted by Crippen LogP contribution is 2.08. The van der Waals surface area contributed by atoms with Crippen molar-refractivity contribution in [3.63, 3.8) is 0 Å². The highest BCUT2D eigenvalue weighted by molar-refractivity contribution is 7.86. The van der Waals surface area contributed by atoms with Crippen molar-refractivity contribution in [3.8, 4) is 12.3 Å². The van der Waals surface area contributed by atoms with Gasteiger partial charge in [0.1, 0.15) is 0 Å². The van der Waals surface area contributed by atoms with Crippen LogP contribution in [0.3, 0.4) is 0 Å². The molecule has 5 heteroatoms. The molecule has 0 radical (unpaired) electrons. The van der Waals surface area contributed by atoms with Gasteiger partial charge in [-0.3, -0.25) is 0 Å². The molecule has 0 aromatic rings. The molecular formula is C9H18N2O2S. The maximum Gasteiger partial charge on any atom is 0.282 e. The van der Waals surface area contributed by atoms with Crippen molar-refractivity contribution in [3.05, 3.63) is 0 Å². The zero-order chi connectivity index (χ0) is 11.4. The fourth-order valence-corrected chi connectivity index (χ4v) is 2.37. The van der Waals surface area contributed by atoms with Crippen LogP contribution in [0.1, 0.15) is 20.8 Å². The minimum absolute atomic E-state index is 0.0631. The number of terminal acetylenes is 1. The Balaban J connectivity index is 4.84. The molecule has 14 heavy (non-hydrogen) atoms. The van der Waals surface area contributed by atoms with Crippen molar-refractivity contribution in [1.82, 2.24) is 8.61 Å². The van der Waals surface area contributed by atoms with Crippen LogP contribution in [-0.4, -0.2) is 43.2 Å². The topological polar surface area (TPSA) is 40.6 Å². The first kappa shape index (κ1) is 13.4. The zero-order valence-electron chi connectivity index (χ0n) is 9.19. The van der Waals surface area contributed by atoms with E-state index >= 15 is 0 Å². The molecule has 0 atom stereocenters. The molecule has 0 bridgehead atoms. The number of hydrogen-bond acceptors (Lipinski definition) is 2. The molecule has 0 saturated carbocycles. The third kappa shape index (κ3) is 2.98. The third-order valence-electron chi connectivity index (χ3n) is 2.04. The van der Waals surface area contributed by atoms with Crippen LogP contribution >= 0.6 is 0 Å². The second kappa shape index (κ2) is 5.35. The molecule has 4 nitrogen and oxygen atoms in total. The molecule has 0 aliphatic carbocycles. The predicted octanol–water partition coefficient (Wildman–Crippen LogP) is 0.526. The summed E-state index contributed by atoms with van der Waals surface area (Å²) in [5.41, 5.74) is 0. The van der Waals surface area contributed by atoms with Crippen molar-refractivity contribution in [2.45, 2.75) is 26.8 Å². The van der Waals surface area contributed by atoms with Gasteiger partial charge in [0.15, 0.2) is 0 Å². The molecule has 0 aromatic carbocycles. The Morgan fingerprint density at radius 3 is 2.21 bits per heavy atom. The third-order valence-corrected chi connectivity index (χ3v) is 4.23. The van der Waals surface area contributed by atoms with Crippen molar-refractivity contribution in [1.29, 1.82) is 0 Å². The maximum atomic E-state index is 11.8. The highest BCUT2D eigenvalue weighted by atomic mass is 32.2. The molecule has 0 aromatic heterocycles. The summed E-state index contributed by atoms with van der Waals surface area (Å²) in [6.45, 7) is 5.92. The molecular weight excluding hydrogens is 200 g/mol. The van der Waals surface area contributed by atoms with E-state index in [4.69, 9.17) is 6.42 Å².